The number of rotatable bonds is 12. The summed E-state index contributed by atoms with van der Waals surface area (Å²) in [6, 6.07) is 0. The molecule has 0 aromatic carbocycles. The molecule has 0 saturated heterocycles. The zero-order valence-corrected chi connectivity index (χ0v) is 23.0. The van der Waals surface area contributed by atoms with E-state index in [1.807, 2.05) is 0 Å². The van der Waals surface area contributed by atoms with E-state index in [1.165, 1.54) is 0 Å². The van der Waals surface area contributed by atoms with Crippen LogP contribution in [-0.4, -0.2) is 125 Å². The molecule has 1 fully saturated rings. The Bertz CT molecular complexity index is 530. The molecule has 0 bridgehead atoms. The first-order valence-corrected chi connectivity index (χ1v) is 19.2. The summed E-state index contributed by atoms with van der Waals surface area (Å²) in [6.45, 7) is 0. The molecule has 30 heteroatoms. The number of hydrogen-bond acceptors (Lipinski definition) is 24. The normalized spacial score (nSPS) is 32.2. The molecule has 0 amide bonds. The van der Waals surface area contributed by atoms with Crippen LogP contribution in [0.3, 0.4) is 0 Å². The molecule has 1 rings (SSSR count). The van der Waals surface area contributed by atoms with Gasteiger partial charge in [0.05, 0.1) is 0 Å². The fourth-order valence-corrected chi connectivity index (χ4v) is 6.82. The van der Waals surface area contributed by atoms with Gasteiger partial charge in [-0.3, -0.25) is 0 Å². The second-order valence-electron chi connectivity index (χ2n) is 6.94. The van der Waals surface area contributed by atoms with E-state index >= 15 is 0 Å². The predicted molar refractivity (Wildman–Crippen MR) is 119 cm³/mol. The summed E-state index contributed by atoms with van der Waals surface area (Å²) < 4.78 is 26.1. The van der Waals surface area contributed by atoms with Crippen molar-refractivity contribution in [1.29, 1.82) is 0 Å². The molecule has 18 N–H and O–H groups in total. The molecule has 0 aromatic rings. The van der Waals surface area contributed by atoms with E-state index in [4.69, 9.17) is 0 Å². The van der Waals surface area contributed by atoms with Crippen LogP contribution in [0.5, 0.6) is 0 Å². The van der Waals surface area contributed by atoms with Crippen LogP contribution in [0.4, 0.5) is 0 Å². The van der Waals surface area contributed by atoms with Gasteiger partial charge in [0.2, 0.25) is 0 Å². The van der Waals surface area contributed by atoms with Gasteiger partial charge in [-0.25, -0.2) is 0 Å². The first-order valence-electron chi connectivity index (χ1n) is 8.66. The predicted octanol–water partition coefficient (Wildman–Crippen LogP) is -7.37. The van der Waals surface area contributed by atoms with Gasteiger partial charge in [-0.1, -0.05) is 0 Å². The van der Waals surface area contributed by atoms with Gasteiger partial charge in [-0.15, -0.1) is 0 Å². The third-order valence-corrected chi connectivity index (χ3v) is 7.24. The monoisotopic (exact) mass is 672 g/mol. The van der Waals surface area contributed by atoms with E-state index in [0.717, 1.165) is 0 Å². The Morgan fingerprint density at radius 3 is 0.361 bits per heavy atom. The minimum atomic E-state index is -5.99. The van der Waals surface area contributed by atoms with E-state index in [0.29, 0.717) is 0 Å². The summed E-state index contributed by atoms with van der Waals surface area (Å²) in [5, 5.41) is 0. The van der Waals surface area contributed by atoms with Crippen LogP contribution in [0, 0.1) is 0 Å². The first kappa shape index (κ1) is 35.6. The Hall–Kier alpha value is 1.62. The van der Waals surface area contributed by atoms with Crippen molar-refractivity contribution in [3.8, 4) is 0 Å². The van der Waals surface area contributed by atoms with Crippen molar-refractivity contribution in [3.05, 3.63) is 0 Å². The third-order valence-electron chi connectivity index (χ3n) is 3.71. The minimum absolute atomic E-state index is 2.89. The molecule has 0 radical (unpaired) electrons. The molecule has 0 aromatic heterocycles. The maximum absolute atomic E-state index is 9.35. The van der Waals surface area contributed by atoms with Crippen LogP contribution in [0.25, 0.3) is 0 Å². The van der Waals surface area contributed by atoms with Crippen molar-refractivity contribution < 1.29 is 115 Å². The summed E-state index contributed by atoms with van der Waals surface area (Å²) >= 11 is 0. The van der Waals surface area contributed by atoms with Crippen molar-refractivity contribution in [2.45, 2.75) is 36.6 Å². The molecule has 0 aliphatic heterocycles. The molecular formula is C6H30O24P6. The van der Waals surface area contributed by atoms with E-state index in [-0.39, 0.29) is 0 Å². The average molecular weight is 672 g/mol. The fraction of sp³-hybridized carbons (Fsp3) is 1.00. The van der Waals surface area contributed by atoms with Crippen molar-refractivity contribution in [3.63, 3.8) is 0 Å². The molecule has 0 atom stereocenters. The van der Waals surface area contributed by atoms with Gasteiger partial charge in [-0.05, 0) is 0 Å². The zero-order chi connectivity index (χ0) is 28.7. The van der Waals surface area contributed by atoms with Crippen LogP contribution in [0.1, 0.15) is 0 Å². The van der Waals surface area contributed by atoms with Crippen molar-refractivity contribution >= 4 is 49.0 Å². The van der Waals surface area contributed by atoms with E-state index in [2.05, 4.69) is 27.1 Å². The van der Waals surface area contributed by atoms with Crippen molar-refractivity contribution in [2.75, 3.05) is 0 Å². The Balaban J connectivity index is 3.94. The molecule has 1 saturated carbocycles. The second kappa shape index (κ2) is 12.2. The summed E-state index contributed by atoms with van der Waals surface area (Å²) in [6.07, 6.45) is -17.3. The van der Waals surface area contributed by atoms with Gasteiger partial charge >= 0.3 is 201 Å². The molecule has 0 spiro atoms. The Morgan fingerprint density at radius 1 is 0.222 bits per heavy atom. The van der Waals surface area contributed by atoms with Gasteiger partial charge in [0.15, 0.2) is 0 Å². The fourth-order valence-electron chi connectivity index (χ4n) is 3.02. The zero-order valence-electron chi connectivity index (χ0n) is 17.0. The average Bonchev–Trinajstić information content (AvgIpc) is 2.51. The summed E-state index contributed by atoms with van der Waals surface area (Å²) in [5.74, 6) is 0. The van der Waals surface area contributed by atoms with Gasteiger partial charge in [0, 0.05) is 0 Å². The molecule has 0 unspecified atom stereocenters. The summed E-state index contributed by atoms with van der Waals surface area (Å²) in [7, 11) is -35.9. The SMILES string of the molecule is O[PH](O)(O)OC1C(O[PH](O)(O)O)C(O[PH](O)(O)O)C(O[PH](O)(O)O)C(O[PH](O)(O)O)C1O[PH](O)(O)O. The third kappa shape index (κ3) is 13.8. The van der Waals surface area contributed by atoms with Gasteiger partial charge in [-0.2, -0.15) is 0 Å². The maximum atomic E-state index is 9.35. The summed E-state index contributed by atoms with van der Waals surface area (Å²) in [4.78, 5) is 168. The standard InChI is InChI=1S/C6H30O24P6/c7-31(8,9)25-1-2(26-32(10,11)12)4(28-34(16,17)18)6(30-36(22,23)24)5(29-35(19,20)21)3(1)27-33(13,14)15/h1-24,31-36H. The second-order valence-corrected chi connectivity index (χ2v) is 15.2. The first-order chi connectivity index (χ1) is 15.6. The van der Waals surface area contributed by atoms with E-state index in [1.54, 1.807) is 0 Å². The Morgan fingerprint density at radius 2 is 0.306 bits per heavy atom. The molecule has 0 heterocycles. The molecular weight excluding hydrogens is 642 g/mol. The quantitative estimate of drug-likeness (QED) is 0.0856. The van der Waals surface area contributed by atoms with Crippen molar-refractivity contribution in [1.82, 2.24) is 0 Å². The summed E-state index contributed by atoms with van der Waals surface area (Å²) in [5.41, 5.74) is 0. The Kier molecular flexibility index (Phi) is 12.1. The molecule has 228 valence electrons. The molecule has 36 heavy (non-hydrogen) atoms. The van der Waals surface area contributed by atoms with Crippen LogP contribution in [-0.2, 0) is 27.1 Å². The van der Waals surface area contributed by atoms with Crippen molar-refractivity contribution in [2.24, 2.45) is 0 Å². The molecule has 1 aliphatic carbocycles. The molecule has 1 aliphatic rings. The van der Waals surface area contributed by atoms with Gasteiger partial charge in [0.1, 0.15) is 0 Å². The van der Waals surface area contributed by atoms with E-state index in [9.17, 15) is 88.1 Å². The van der Waals surface area contributed by atoms with Crippen LogP contribution < -0.4 is 0 Å². The van der Waals surface area contributed by atoms with Crippen LogP contribution >= 0.6 is 49.0 Å². The van der Waals surface area contributed by atoms with Crippen LogP contribution in [0.15, 0.2) is 0 Å². The van der Waals surface area contributed by atoms with E-state index < -0.39 is 85.6 Å². The molecule has 24 nitrogen and oxygen atoms in total. The van der Waals surface area contributed by atoms with Gasteiger partial charge < -0.3 is 0 Å². The Labute approximate surface area is 201 Å². The van der Waals surface area contributed by atoms with Gasteiger partial charge in [0.25, 0.3) is 0 Å². The van der Waals surface area contributed by atoms with Crippen LogP contribution in [0.2, 0.25) is 0 Å². The topological polar surface area (TPSA) is 420 Å². The number of hydrogen-bond donors (Lipinski definition) is 18.